The van der Waals surface area contributed by atoms with Gasteiger partial charge in [0.05, 0.1) is 12.2 Å². The second-order valence-corrected chi connectivity index (χ2v) is 8.32. The summed E-state index contributed by atoms with van der Waals surface area (Å²) in [7, 11) is 0. The van der Waals surface area contributed by atoms with Crippen molar-refractivity contribution in [2.75, 3.05) is 48.3 Å². The second kappa shape index (κ2) is 10.4. The van der Waals surface area contributed by atoms with Crippen LogP contribution >= 0.6 is 0 Å². The normalized spacial score (nSPS) is 16.0. The van der Waals surface area contributed by atoms with Crippen molar-refractivity contribution < 1.29 is 14.3 Å². The fourth-order valence-corrected chi connectivity index (χ4v) is 4.38. The molecule has 0 saturated carbocycles. The monoisotopic (exact) mass is 436 g/mol. The van der Waals surface area contributed by atoms with Crippen LogP contribution in [-0.2, 0) is 0 Å². The van der Waals surface area contributed by atoms with E-state index in [4.69, 9.17) is 4.74 Å². The van der Waals surface area contributed by atoms with E-state index in [1.54, 1.807) is 12.1 Å². The third-order valence-corrected chi connectivity index (χ3v) is 6.00. The van der Waals surface area contributed by atoms with E-state index >= 15 is 0 Å². The Morgan fingerprint density at radius 1 is 0.844 bits per heavy atom. The van der Waals surface area contributed by atoms with Gasteiger partial charge in [0.25, 0.3) is 5.91 Å². The molecule has 2 N–H and O–H groups in total. The Labute approximate surface area is 189 Å². The Kier molecular flexibility index (Phi) is 7.14. The first-order chi connectivity index (χ1) is 15.6. The summed E-state index contributed by atoms with van der Waals surface area (Å²) >= 11 is 0. The maximum Gasteiger partial charge on any atom is 0.323 e. The highest BCUT2D eigenvalue weighted by Crippen LogP contribution is 2.29. The number of carbonyl (C=O) groups is 2. The Morgan fingerprint density at radius 3 is 2.16 bits per heavy atom. The molecule has 0 unspecified atom stereocenters. The Morgan fingerprint density at radius 2 is 1.47 bits per heavy atom. The van der Waals surface area contributed by atoms with Gasteiger partial charge in [-0.05, 0) is 81.5 Å². The van der Waals surface area contributed by atoms with Crippen LogP contribution in [0.5, 0.6) is 5.75 Å². The van der Waals surface area contributed by atoms with Crippen molar-refractivity contribution in [3.8, 4) is 5.75 Å². The predicted molar refractivity (Wildman–Crippen MR) is 128 cm³/mol. The largest absolute Gasteiger partial charge is 0.494 e. The molecule has 0 bridgehead atoms. The molecule has 170 valence electrons. The topological polar surface area (TPSA) is 73.9 Å². The minimum atomic E-state index is -0.348. The molecule has 0 aliphatic carbocycles. The summed E-state index contributed by atoms with van der Waals surface area (Å²) in [5, 5.41) is 5.71. The molecule has 0 radical (unpaired) electrons. The molecule has 2 heterocycles. The summed E-state index contributed by atoms with van der Waals surface area (Å²) in [5.41, 5.74) is 2.92. The number of likely N-dealkylation sites (tertiary alicyclic amines) is 1. The number of hydrogen-bond donors (Lipinski definition) is 2. The van der Waals surface area contributed by atoms with Crippen molar-refractivity contribution in [2.24, 2.45) is 0 Å². The number of benzene rings is 2. The lowest BCUT2D eigenvalue weighted by Gasteiger charge is -2.31. The van der Waals surface area contributed by atoms with Crippen molar-refractivity contribution in [1.29, 1.82) is 0 Å². The van der Waals surface area contributed by atoms with E-state index in [9.17, 15) is 9.59 Å². The molecule has 2 aliphatic rings. The van der Waals surface area contributed by atoms with Gasteiger partial charge in [-0.3, -0.25) is 4.79 Å². The molecule has 7 heteroatoms. The number of urea groups is 1. The molecule has 7 nitrogen and oxygen atoms in total. The summed E-state index contributed by atoms with van der Waals surface area (Å²) in [6, 6.07) is 12.6. The fraction of sp³-hybridized carbons (Fsp3) is 0.440. The van der Waals surface area contributed by atoms with Gasteiger partial charge < -0.3 is 25.2 Å². The van der Waals surface area contributed by atoms with E-state index in [1.165, 1.54) is 6.42 Å². The second-order valence-electron chi connectivity index (χ2n) is 8.32. The Bertz CT molecular complexity index is 933. The van der Waals surface area contributed by atoms with Crippen LogP contribution in [-0.4, -0.2) is 49.6 Å². The quantitative estimate of drug-likeness (QED) is 0.672. The van der Waals surface area contributed by atoms with Crippen LogP contribution in [0.15, 0.2) is 42.5 Å². The molecule has 0 aromatic heterocycles. The van der Waals surface area contributed by atoms with Gasteiger partial charge in [0.2, 0.25) is 0 Å². The molecule has 2 saturated heterocycles. The number of ether oxygens (including phenoxy) is 1. The minimum Gasteiger partial charge on any atom is -0.494 e. The SMILES string of the molecule is CCOc1ccc(NC(=O)Nc2ccc(N3CCCCC3)c(C(=O)N3CCCC3)c2)cc1. The van der Waals surface area contributed by atoms with Crippen molar-refractivity contribution in [3.05, 3.63) is 48.0 Å². The Balaban J connectivity index is 1.49. The summed E-state index contributed by atoms with van der Waals surface area (Å²) < 4.78 is 5.43. The molecule has 2 fully saturated rings. The molecule has 0 atom stereocenters. The lowest BCUT2D eigenvalue weighted by Crippen LogP contribution is -2.34. The molecule has 3 amide bonds. The summed E-state index contributed by atoms with van der Waals surface area (Å²) in [4.78, 5) is 30.1. The average molecular weight is 437 g/mol. The van der Waals surface area contributed by atoms with Crippen LogP contribution in [0.3, 0.4) is 0 Å². The van der Waals surface area contributed by atoms with Gasteiger partial charge in [-0.15, -0.1) is 0 Å². The first-order valence-corrected chi connectivity index (χ1v) is 11.6. The van der Waals surface area contributed by atoms with Crippen LogP contribution < -0.4 is 20.3 Å². The van der Waals surface area contributed by atoms with Crippen LogP contribution in [0.2, 0.25) is 0 Å². The first-order valence-electron chi connectivity index (χ1n) is 11.6. The van der Waals surface area contributed by atoms with Gasteiger partial charge in [-0.2, -0.15) is 0 Å². The average Bonchev–Trinajstić information content (AvgIpc) is 3.36. The van der Waals surface area contributed by atoms with Gasteiger partial charge >= 0.3 is 6.03 Å². The highest BCUT2D eigenvalue weighted by atomic mass is 16.5. The number of hydrogen-bond acceptors (Lipinski definition) is 4. The maximum atomic E-state index is 13.3. The van der Waals surface area contributed by atoms with Gasteiger partial charge in [-0.1, -0.05) is 0 Å². The molecule has 2 aromatic carbocycles. The fourth-order valence-electron chi connectivity index (χ4n) is 4.38. The van der Waals surface area contributed by atoms with Crippen LogP contribution in [0, 0.1) is 0 Å². The van der Waals surface area contributed by atoms with Crippen molar-refractivity contribution in [1.82, 2.24) is 4.90 Å². The molecule has 32 heavy (non-hydrogen) atoms. The van der Waals surface area contributed by atoms with Crippen molar-refractivity contribution in [2.45, 2.75) is 39.0 Å². The molecular formula is C25H32N4O3. The summed E-state index contributed by atoms with van der Waals surface area (Å²) in [6.07, 6.45) is 5.61. The standard InChI is InChI=1S/C25H32N4O3/c1-2-32-21-11-8-19(9-12-21)26-25(31)27-20-10-13-23(28-14-4-3-5-15-28)22(18-20)24(30)29-16-6-7-17-29/h8-13,18H,2-7,14-17H2,1H3,(H2,26,27,31). The predicted octanol–water partition coefficient (Wildman–Crippen LogP) is 4.96. The van der Waals surface area contributed by atoms with E-state index in [1.807, 2.05) is 42.2 Å². The highest BCUT2D eigenvalue weighted by Gasteiger charge is 2.25. The van der Waals surface area contributed by atoms with Crippen molar-refractivity contribution in [3.63, 3.8) is 0 Å². The molecule has 0 spiro atoms. The van der Waals surface area contributed by atoms with Crippen LogP contribution in [0.25, 0.3) is 0 Å². The maximum absolute atomic E-state index is 13.3. The van der Waals surface area contributed by atoms with Gasteiger partial charge in [-0.25, -0.2) is 4.79 Å². The van der Waals surface area contributed by atoms with Crippen molar-refractivity contribution >= 4 is 29.0 Å². The number of nitrogens with zero attached hydrogens (tertiary/aromatic N) is 2. The molecule has 2 aliphatic heterocycles. The smallest absolute Gasteiger partial charge is 0.323 e. The number of nitrogens with one attached hydrogen (secondary N) is 2. The zero-order valence-electron chi connectivity index (χ0n) is 18.7. The zero-order valence-corrected chi connectivity index (χ0v) is 18.7. The van der Waals surface area contributed by atoms with Gasteiger partial charge in [0, 0.05) is 43.2 Å². The molecule has 4 rings (SSSR count). The summed E-state index contributed by atoms with van der Waals surface area (Å²) in [5.74, 6) is 0.815. The molecular weight excluding hydrogens is 404 g/mol. The van der Waals surface area contributed by atoms with Crippen LogP contribution in [0.4, 0.5) is 21.9 Å². The number of carbonyl (C=O) groups excluding carboxylic acids is 2. The molecule has 2 aromatic rings. The number of amides is 3. The number of rotatable bonds is 6. The minimum absolute atomic E-state index is 0.0543. The highest BCUT2D eigenvalue weighted by molar-refractivity contribution is 6.04. The van der Waals surface area contributed by atoms with E-state index in [2.05, 4.69) is 15.5 Å². The van der Waals surface area contributed by atoms with Crippen LogP contribution in [0.1, 0.15) is 49.4 Å². The lowest BCUT2D eigenvalue weighted by molar-refractivity contribution is 0.0793. The van der Waals surface area contributed by atoms with E-state index < -0.39 is 0 Å². The first kappa shape index (κ1) is 22.0. The zero-order chi connectivity index (χ0) is 22.3. The van der Waals surface area contributed by atoms with Gasteiger partial charge in [0.15, 0.2) is 0 Å². The summed E-state index contributed by atoms with van der Waals surface area (Å²) in [6.45, 7) is 6.05. The lowest BCUT2D eigenvalue weighted by atomic mass is 10.1. The number of piperidine rings is 1. The van der Waals surface area contributed by atoms with Gasteiger partial charge in [0.1, 0.15) is 5.75 Å². The number of anilines is 3. The van der Waals surface area contributed by atoms with E-state index in [0.717, 1.165) is 63.3 Å². The third kappa shape index (κ3) is 5.33. The Hall–Kier alpha value is -3.22. The van der Waals surface area contributed by atoms with E-state index in [0.29, 0.717) is 23.5 Å². The third-order valence-electron chi connectivity index (χ3n) is 6.00. The van der Waals surface area contributed by atoms with E-state index in [-0.39, 0.29) is 11.9 Å².